The lowest BCUT2D eigenvalue weighted by atomic mass is 10.1. The van der Waals surface area contributed by atoms with E-state index < -0.39 is 5.82 Å². The quantitative estimate of drug-likeness (QED) is 0.791. The molecule has 0 saturated carbocycles. The molecule has 3 nitrogen and oxygen atoms in total. The molecule has 19 heavy (non-hydrogen) atoms. The molecule has 0 amide bonds. The Hall–Kier alpha value is -2.23. The van der Waals surface area contributed by atoms with Gasteiger partial charge in [-0.15, -0.1) is 0 Å². The standard InChI is InChI=1S/C15H14FNO2/c1-10-4-3-5-12(17-10)9-19-13-6-7-14(11(2)18)15(16)8-13/h3-8H,9H2,1-2H3. The highest BCUT2D eigenvalue weighted by atomic mass is 19.1. The van der Waals surface area contributed by atoms with Gasteiger partial charge in [0.15, 0.2) is 5.78 Å². The molecule has 1 aromatic carbocycles. The van der Waals surface area contributed by atoms with Crippen LogP contribution < -0.4 is 4.74 Å². The lowest BCUT2D eigenvalue weighted by Gasteiger charge is -2.07. The highest BCUT2D eigenvalue weighted by Gasteiger charge is 2.08. The van der Waals surface area contributed by atoms with Gasteiger partial charge in [0.1, 0.15) is 18.2 Å². The number of pyridine rings is 1. The molecule has 0 spiro atoms. The van der Waals surface area contributed by atoms with Crippen molar-refractivity contribution >= 4 is 5.78 Å². The number of aryl methyl sites for hydroxylation is 1. The Labute approximate surface area is 111 Å². The van der Waals surface area contributed by atoms with E-state index in [1.165, 1.54) is 19.1 Å². The summed E-state index contributed by atoms with van der Waals surface area (Å²) in [4.78, 5) is 15.4. The molecule has 98 valence electrons. The Balaban J connectivity index is 2.08. The van der Waals surface area contributed by atoms with Crippen LogP contribution in [0.5, 0.6) is 5.75 Å². The van der Waals surface area contributed by atoms with Crippen LogP contribution in [-0.4, -0.2) is 10.8 Å². The van der Waals surface area contributed by atoms with Crippen LogP contribution in [0.25, 0.3) is 0 Å². The number of hydrogen-bond donors (Lipinski definition) is 0. The molecule has 4 heteroatoms. The number of halogens is 1. The molecule has 0 unspecified atom stereocenters. The average Bonchev–Trinajstić information content (AvgIpc) is 2.36. The van der Waals surface area contributed by atoms with Crippen molar-refractivity contribution < 1.29 is 13.9 Å². The van der Waals surface area contributed by atoms with E-state index in [0.29, 0.717) is 5.75 Å². The van der Waals surface area contributed by atoms with E-state index in [9.17, 15) is 9.18 Å². The van der Waals surface area contributed by atoms with Gasteiger partial charge in [0.2, 0.25) is 0 Å². The Morgan fingerprint density at radius 1 is 1.32 bits per heavy atom. The second-order valence-electron chi connectivity index (χ2n) is 4.26. The molecule has 0 aliphatic rings. The number of carbonyl (C=O) groups is 1. The number of ether oxygens (including phenoxy) is 1. The maximum Gasteiger partial charge on any atom is 0.162 e. The molecule has 0 aliphatic heterocycles. The first-order valence-electron chi connectivity index (χ1n) is 5.92. The smallest absolute Gasteiger partial charge is 0.162 e. The number of benzene rings is 1. The lowest BCUT2D eigenvalue weighted by Crippen LogP contribution is -2.01. The molecule has 1 heterocycles. The van der Waals surface area contributed by atoms with Crippen molar-refractivity contribution in [3.8, 4) is 5.75 Å². The lowest BCUT2D eigenvalue weighted by molar-refractivity contribution is 0.101. The van der Waals surface area contributed by atoms with E-state index in [4.69, 9.17) is 4.74 Å². The van der Waals surface area contributed by atoms with Gasteiger partial charge in [0, 0.05) is 11.8 Å². The zero-order valence-electron chi connectivity index (χ0n) is 10.8. The molecule has 0 atom stereocenters. The molecule has 0 saturated heterocycles. The summed E-state index contributed by atoms with van der Waals surface area (Å²) >= 11 is 0. The molecule has 0 radical (unpaired) electrons. The van der Waals surface area contributed by atoms with Crippen LogP contribution in [0.15, 0.2) is 36.4 Å². The topological polar surface area (TPSA) is 39.2 Å². The van der Waals surface area contributed by atoms with Crippen LogP contribution in [0.1, 0.15) is 28.7 Å². The first-order chi connectivity index (χ1) is 9.06. The van der Waals surface area contributed by atoms with Crippen LogP contribution in [0.4, 0.5) is 4.39 Å². The summed E-state index contributed by atoms with van der Waals surface area (Å²) in [5.74, 6) is -0.489. The molecule has 1 aromatic heterocycles. The minimum atomic E-state index is -0.567. The van der Waals surface area contributed by atoms with Gasteiger partial charge in [-0.1, -0.05) is 6.07 Å². The second-order valence-corrected chi connectivity index (χ2v) is 4.26. The fourth-order valence-electron chi connectivity index (χ4n) is 1.71. The van der Waals surface area contributed by atoms with Gasteiger partial charge in [-0.25, -0.2) is 4.39 Å². The first-order valence-corrected chi connectivity index (χ1v) is 5.92. The normalized spacial score (nSPS) is 10.3. The molecule has 0 fully saturated rings. The minimum Gasteiger partial charge on any atom is -0.487 e. The van der Waals surface area contributed by atoms with E-state index in [1.807, 2.05) is 25.1 Å². The Morgan fingerprint density at radius 2 is 2.11 bits per heavy atom. The number of carbonyl (C=O) groups excluding carboxylic acids is 1. The van der Waals surface area contributed by atoms with Crippen LogP contribution in [0, 0.1) is 12.7 Å². The van der Waals surface area contributed by atoms with Gasteiger partial charge in [0.25, 0.3) is 0 Å². The largest absolute Gasteiger partial charge is 0.487 e. The summed E-state index contributed by atoms with van der Waals surface area (Å²) in [6, 6.07) is 9.84. The number of ketones is 1. The summed E-state index contributed by atoms with van der Waals surface area (Å²) in [6.45, 7) is 3.49. The van der Waals surface area contributed by atoms with Crippen LogP contribution >= 0.6 is 0 Å². The van der Waals surface area contributed by atoms with Crippen molar-refractivity contribution in [3.63, 3.8) is 0 Å². The molecule has 0 N–H and O–H groups in total. The van der Waals surface area contributed by atoms with E-state index in [2.05, 4.69) is 4.98 Å². The van der Waals surface area contributed by atoms with Crippen LogP contribution in [0.2, 0.25) is 0 Å². The summed E-state index contributed by atoms with van der Waals surface area (Å²) in [6.07, 6.45) is 0. The van der Waals surface area contributed by atoms with Gasteiger partial charge in [0.05, 0.1) is 11.3 Å². The van der Waals surface area contributed by atoms with Crippen LogP contribution in [-0.2, 0) is 6.61 Å². The number of hydrogen-bond acceptors (Lipinski definition) is 3. The van der Waals surface area contributed by atoms with E-state index in [0.717, 1.165) is 11.4 Å². The summed E-state index contributed by atoms with van der Waals surface area (Å²) in [5.41, 5.74) is 1.75. The third-order valence-electron chi connectivity index (χ3n) is 2.65. The van der Waals surface area contributed by atoms with E-state index >= 15 is 0 Å². The number of Topliss-reactive ketones (excluding diaryl/α,β-unsaturated/α-hetero) is 1. The van der Waals surface area contributed by atoms with Crippen molar-refractivity contribution in [2.75, 3.05) is 0 Å². The Kier molecular flexibility index (Phi) is 3.90. The molecule has 0 aliphatic carbocycles. The van der Waals surface area contributed by atoms with Crippen molar-refractivity contribution in [2.45, 2.75) is 20.5 Å². The van der Waals surface area contributed by atoms with Gasteiger partial charge in [-0.2, -0.15) is 0 Å². The zero-order valence-corrected chi connectivity index (χ0v) is 10.8. The zero-order chi connectivity index (χ0) is 13.8. The number of nitrogens with zero attached hydrogens (tertiary/aromatic N) is 1. The minimum absolute atomic E-state index is 0.0704. The number of rotatable bonds is 4. The van der Waals surface area contributed by atoms with Gasteiger partial charge >= 0.3 is 0 Å². The van der Waals surface area contributed by atoms with Gasteiger partial charge < -0.3 is 4.74 Å². The molecular formula is C15H14FNO2. The monoisotopic (exact) mass is 259 g/mol. The Bertz CT molecular complexity index is 611. The van der Waals surface area contributed by atoms with Gasteiger partial charge in [-0.3, -0.25) is 9.78 Å². The van der Waals surface area contributed by atoms with Crippen molar-refractivity contribution in [3.05, 3.63) is 59.2 Å². The molecule has 2 rings (SSSR count). The van der Waals surface area contributed by atoms with Crippen molar-refractivity contribution in [1.29, 1.82) is 0 Å². The highest BCUT2D eigenvalue weighted by Crippen LogP contribution is 2.18. The summed E-state index contributed by atoms with van der Waals surface area (Å²) < 4.78 is 19.0. The summed E-state index contributed by atoms with van der Waals surface area (Å²) in [5, 5.41) is 0. The predicted octanol–water partition coefficient (Wildman–Crippen LogP) is 3.31. The fraction of sp³-hybridized carbons (Fsp3) is 0.200. The van der Waals surface area contributed by atoms with Gasteiger partial charge in [-0.05, 0) is 38.1 Å². The maximum absolute atomic E-state index is 13.6. The maximum atomic E-state index is 13.6. The van der Waals surface area contributed by atoms with Crippen molar-refractivity contribution in [1.82, 2.24) is 4.98 Å². The predicted molar refractivity (Wildman–Crippen MR) is 69.7 cm³/mol. The van der Waals surface area contributed by atoms with E-state index in [1.54, 1.807) is 6.07 Å². The number of aromatic nitrogens is 1. The van der Waals surface area contributed by atoms with Crippen LogP contribution in [0.3, 0.4) is 0 Å². The van der Waals surface area contributed by atoms with E-state index in [-0.39, 0.29) is 18.0 Å². The first kappa shape index (κ1) is 13.2. The SMILES string of the molecule is CC(=O)c1ccc(OCc2cccc(C)n2)cc1F. The molecule has 0 bridgehead atoms. The third-order valence-corrected chi connectivity index (χ3v) is 2.65. The molecule has 2 aromatic rings. The second kappa shape index (κ2) is 5.61. The van der Waals surface area contributed by atoms with Crippen molar-refractivity contribution in [2.24, 2.45) is 0 Å². The highest BCUT2D eigenvalue weighted by molar-refractivity contribution is 5.94. The third kappa shape index (κ3) is 3.37. The summed E-state index contributed by atoms with van der Waals surface area (Å²) in [7, 11) is 0. The average molecular weight is 259 g/mol. The molecular weight excluding hydrogens is 245 g/mol. The Morgan fingerprint density at radius 3 is 2.74 bits per heavy atom. The fourth-order valence-corrected chi connectivity index (χ4v) is 1.71.